The topological polar surface area (TPSA) is 60.4 Å². The van der Waals surface area contributed by atoms with E-state index in [9.17, 15) is 0 Å². The molecule has 0 unspecified atom stereocenters. The van der Waals surface area contributed by atoms with Crippen molar-refractivity contribution in [3.63, 3.8) is 0 Å². The minimum Gasteiger partial charge on any atom is -0.347 e. The number of hydrazine groups is 1. The van der Waals surface area contributed by atoms with Crippen molar-refractivity contribution in [2.75, 3.05) is 57.6 Å². The molecular formula is C10H18ClN7. The van der Waals surface area contributed by atoms with E-state index in [1.807, 2.05) is 14.1 Å². The molecule has 0 aliphatic carbocycles. The van der Waals surface area contributed by atoms with Gasteiger partial charge in [-0.2, -0.15) is 15.0 Å². The maximum absolute atomic E-state index is 5.88. The second kappa shape index (κ2) is 5.64. The lowest BCUT2D eigenvalue weighted by atomic mass is 10.4. The monoisotopic (exact) mass is 271 g/mol. The van der Waals surface area contributed by atoms with Crippen LogP contribution in [0.15, 0.2) is 0 Å². The maximum Gasteiger partial charge on any atom is 0.243 e. The Kier molecular flexibility index (Phi) is 4.15. The average molecular weight is 272 g/mol. The smallest absolute Gasteiger partial charge is 0.243 e. The summed E-state index contributed by atoms with van der Waals surface area (Å²) >= 11 is 5.88. The number of nitrogens with one attached hydrogen (secondary N) is 1. The molecule has 1 fully saturated rings. The van der Waals surface area contributed by atoms with Gasteiger partial charge in [0.15, 0.2) is 0 Å². The van der Waals surface area contributed by atoms with E-state index in [0.717, 1.165) is 26.2 Å². The Bertz CT molecular complexity index is 403. The summed E-state index contributed by atoms with van der Waals surface area (Å²) in [5.74, 6) is 1.04. The third kappa shape index (κ3) is 3.41. The number of aromatic nitrogens is 3. The van der Waals surface area contributed by atoms with E-state index in [1.54, 1.807) is 4.90 Å². The van der Waals surface area contributed by atoms with Crippen LogP contribution in [0.5, 0.6) is 0 Å². The fourth-order valence-corrected chi connectivity index (χ4v) is 1.80. The molecule has 2 rings (SSSR count). The zero-order valence-electron chi connectivity index (χ0n) is 10.9. The molecule has 1 aliphatic rings. The summed E-state index contributed by atoms with van der Waals surface area (Å²) < 4.78 is 0. The Hall–Kier alpha value is -1.18. The van der Waals surface area contributed by atoms with Gasteiger partial charge in [-0.1, -0.05) is 0 Å². The third-order valence-electron chi connectivity index (χ3n) is 2.76. The van der Waals surface area contributed by atoms with Crippen LogP contribution in [-0.4, -0.2) is 72.2 Å². The number of anilines is 2. The van der Waals surface area contributed by atoms with Gasteiger partial charge in [0.05, 0.1) is 0 Å². The quantitative estimate of drug-likeness (QED) is 0.841. The van der Waals surface area contributed by atoms with Crippen molar-refractivity contribution in [3.05, 3.63) is 5.28 Å². The van der Waals surface area contributed by atoms with Crippen molar-refractivity contribution in [1.29, 1.82) is 0 Å². The van der Waals surface area contributed by atoms with Gasteiger partial charge in [-0.25, -0.2) is 5.01 Å². The largest absolute Gasteiger partial charge is 0.347 e. The van der Waals surface area contributed by atoms with Crippen LogP contribution in [0.25, 0.3) is 0 Å². The lowest BCUT2D eigenvalue weighted by molar-refractivity contribution is 0.178. The van der Waals surface area contributed by atoms with Gasteiger partial charge in [-0.05, 0) is 18.6 Å². The molecule has 100 valence electrons. The Morgan fingerprint density at radius 3 is 2.39 bits per heavy atom. The molecule has 0 bridgehead atoms. The summed E-state index contributed by atoms with van der Waals surface area (Å²) in [4.78, 5) is 16.5. The molecule has 1 aromatic heterocycles. The first kappa shape index (κ1) is 13.3. The molecule has 18 heavy (non-hydrogen) atoms. The zero-order chi connectivity index (χ0) is 13.1. The van der Waals surface area contributed by atoms with Gasteiger partial charge in [0.2, 0.25) is 17.2 Å². The van der Waals surface area contributed by atoms with Crippen LogP contribution in [0.3, 0.4) is 0 Å². The van der Waals surface area contributed by atoms with E-state index < -0.39 is 0 Å². The van der Waals surface area contributed by atoms with Crippen molar-refractivity contribution in [2.24, 2.45) is 0 Å². The summed E-state index contributed by atoms with van der Waals surface area (Å²) in [5, 5.41) is 2.29. The highest BCUT2D eigenvalue weighted by Crippen LogP contribution is 2.12. The third-order valence-corrected chi connectivity index (χ3v) is 2.93. The predicted octanol–water partition coefficient (Wildman–Crippen LogP) is 0.165. The van der Waals surface area contributed by atoms with Crippen molar-refractivity contribution in [1.82, 2.24) is 24.9 Å². The van der Waals surface area contributed by atoms with Crippen molar-refractivity contribution >= 4 is 23.5 Å². The first-order valence-electron chi connectivity index (χ1n) is 5.83. The van der Waals surface area contributed by atoms with Gasteiger partial charge < -0.3 is 9.80 Å². The maximum atomic E-state index is 5.88. The van der Waals surface area contributed by atoms with Crippen LogP contribution in [-0.2, 0) is 0 Å². The van der Waals surface area contributed by atoms with E-state index in [4.69, 9.17) is 11.6 Å². The first-order chi connectivity index (χ1) is 8.54. The highest BCUT2D eigenvalue weighted by atomic mass is 35.5. The van der Waals surface area contributed by atoms with Gasteiger partial charge in [0.1, 0.15) is 0 Å². The van der Waals surface area contributed by atoms with E-state index in [2.05, 4.69) is 37.3 Å². The zero-order valence-corrected chi connectivity index (χ0v) is 11.6. The second-order valence-electron chi connectivity index (χ2n) is 4.52. The number of piperazine rings is 1. The fourth-order valence-electron chi connectivity index (χ4n) is 1.65. The summed E-state index contributed by atoms with van der Waals surface area (Å²) in [5.41, 5.74) is 3.17. The highest BCUT2D eigenvalue weighted by molar-refractivity contribution is 6.28. The standard InChI is InChI=1S/C10H18ClN7/c1-16(2)10-13-8(11)12-9(14-10)15-18-6-4-17(3)5-7-18/h4-7H2,1-3H3,(H,12,13,14,15). The molecule has 0 aromatic carbocycles. The van der Waals surface area contributed by atoms with Gasteiger partial charge in [0, 0.05) is 40.3 Å². The Balaban J connectivity index is 2.04. The summed E-state index contributed by atoms with van der Waals surface area (Å²) in [6.45, 7) is 3.90. The molecule has 7 nitrogen and oxygen atoms in total. The number of likely N-dealkylation sites (N-methyl/N-ethyl adjacent to an activating group) is 1. The van der Waals surface area contributed by atoms with Crippen LogP contribution in [0.4, 0.5) is 11.9 Å². The fraction of sp³-hybridized carbons (Fsp3) is 0.700. The van der Waals surface area contributed by atoms with Crippen molar-refractivity contribution in [3.8, 4) is 0 Å². The summed E-state index contributed by atoms with van der Waals surface area (Å²) in [7, 11) is 5.85. The van der Waals surface area contributed by atoms with E-state index in [1.165, 1.54) is 0 Å². The van der Waals surface area contributed by atoms with Gasteiger partial charge in [0.25, 0.3) is 0 Å². The molecule has 2 heterocycles. The average Bonchev–Trinajstić information content (AvgIpc) is 2.31. The van der Waals surface area contributed by atoms with Gasteiger partial charge in [-0.15, -0.1) is 0 Å². The van der Waals surface area contributed by atoms with Crippen LogP contribution < -0.4 is 10.3 Å². The number of hydrogen-bond acceptors (Lipinski definition) is 7. The SMILES string of the molecule is CN1CCN(Nc2nc(Cl)nc(N(C)C)n2)CC1. The number of hydrogen-bond donors (Lipinski definition) is 1. The summed E-state index contributed by atoms with van der Waals surface area (Å²) in [6, 6.07) is 0. The van der Waals surface area contributed by atoms with E-state index in [0.29, 0.717) is 11.9 Å². The Morgan fingerprint density at radius 1 is 1.11 bits per heavy atom. The van der Waals surface area contributed by atoms with Crippen molar-refractivity contribution in [2.45, 2.75) is 0 Å². The normalized spacial score (nSPS) is 17.8. The lowest BCUT2D eigenvalue weighted by Gasteiger charge is -2.32. The minimum atomic E-state index is 0.199. The number of nitrogens with zero attached hydrogens (tertiary/aromatic N) is 6. The van der Waals surface area contributed by atoms with Gasteiger partial charge >= 0.3 is 0 Å². The predicted molar refractivity (Wildman–Crippen MR) is 71.9 cm³/mol. The summed E-state index contributed by atoms with van der Waals surface area (Å²) in [6.07, 6.45) is 0. The van der Waals surface area contributed by atoms with Crippen LogP contribution in [0, 0.1) is 0 Å². The molecule has 0 saturated carbocycles. The van der Waals surface area contributed by atoms with E-state index in [-0.39, 0.29) is 5.28 Å². The van der Waals surface area contributed by atoms with Gasteiger partial charge in [-0.3, -0.25) is 5.43 Å². The highest BCUT2D eigenvalue weighted by Gasteiger charge is 2.15. The molecule has 0 spiro atoms. The first-order valence-corrected chi connectivity index (χ1v) is 6.21. The van der Waals surface area contributed by atoms with Crippen LogP contribution in [0.2, 0.25) is 5.28 Å². The molecule has 0 radical (unpaired) electrons. The number of rotatable bonds is 3. The van der Waals surface area contributed by atoms with Crippen LogP contribution >= 0.6 is 11.6 Å². The Morgan fingerprint density at radius 2 is 1.78 bits per heavy atom. The Labute approximate surface area is 112 Å². The molecule has 8 heteroatoms. The molecule has 1 aromatic rings. The molecule has 0 amide bonds. The van der Waals surface area contributed by atoms with E-state index >= 15 is 0 Å². The molecule has 1 saturated heterocycles. The molecular weight excluding hydrogens is 254 g/mol. The second-order valence-corrected chi connectivity index (χ2v) is 4.86. The number of halogens is 1. The lowest BCUT2D eigenvalue weighted by Crippen LogP contribution is -2.47. The molecule has 1 aliphatic heterocycles. The molecule has 0 atom stereocenters. The van der Waals surface area contributed by atoms with Crippen molar-refractivity contribution < 1.29 is 0 Å². The molecule has 1 N–H and O–H groups in total. The van der Waals surface area contributed by atoms with Crippen LogP contribution in [0.1, 0.15) is 0 Å². The minimum absolute atomic E-state index is 0.199.